The summed E-state index contributed by atoms with van der Waals surface area (Å²) in [5.74, 6) is -0.860. The summed E-state index contributed by atoms with van der Waals surface area (Å²) in [5.41, 5.74) is 1.05. The molecule has 2 rings (SSSR count). The minimum atomic E-state index is -0.442. The largest absolute Gasteiger partial charge is 0.307 e. The molecule has 2 aromatic rings. The summed E-state index contributed by atoms with van der Waals surface area (Å²) < 4.78 is 27.7. The molecule has 1 aromatic heterocycles. The number of nitrogens with zero attached hydrogens (tertiary/aromatic N) is 3. The van der Waals surface area contributed by atoms with E-state index < -0.39 is 11.6 Å². The van der Waals surface area contributed by atoms with E-state index in [9.17, 15) is 8.78 Å². The molecule has 0 bridgehead atoms. The first-order chi connectivity index (χ1) is 8.15. The van der Waals surface area contributed by atoms with Crippen LogP contribution >= 0.6 is 0 Å². The Kier molecular flexibility index (Phi) is 3.43. The third kappa shape index (κ3) is 3.07. The van der Waals surface area contributed by atoms with E-state index >= 15 is 0 Å². The second kappa shape index (κ2) is 5.01. The van der Waals surface area contributed by atoms with E-state index in [1.54, 1.807) is 17.9 Å². The van der Waals surface area contributed by atoms with Crippen molar-refractivity contribution in [2.75, 3.05) is 0 Å². The zero-order chi connectivity index (χ0) is 12.3. The molecule has 0 spiro atoms. The molecule has 1 heterocycles. The number of halogens is 2. The quantitative estimate of drug-likeness (QED) is 0.875. The Hall–Kier alpha value is -1.82. The molecule has 1 aromatic carbocycles. The van der Waals surface area contributed by atoms with E-state index in [0.717, 1.165) is 17.8 Å². The van der Waals surface area contributed by atoms with Crippen LogP contribution in [0.4, 0.5) is 8.78 Å². The van der Waals surface area contributed by atoms with Crippen LogP contribution in [0.1, 0.15) is 11.3 Å². The highest BCUT2D eigenvalue weighted by atomic mass is 19.1. The predicted molar refractivity (Wildman–Crippen MR) is 57.9 cm³/mol. The maximum absolute atomic E-state index is 13.3. The Balaban J connectivity index is 1.91. The molecule has 90 valence electrons. The van der Waals surface area contributed by atoms with Gasteiger partial charge in [-0.15, -0.1) is 5.10 Å². The van der Waals surface area contributed by atoms with Crippen molar-refractivity contribution in [3.63, 3.8) is 0 Å². The molecular weight excluding hydrogens is 226 g/mol. The third-order valence-electron chi connectivity index (χ3n) is 2.28. The summed E-state index contributed by atoms with van der Waals surface area (Å²) in [7, 11) is 1.77. The van der Waals surface area contributed by atoms with Crippen LogP contribution in [0.5, 0.6) is 0 Å². The molecule has 6 heteroatoms. The number of nitrogens with one attached hydrogen (secondary N) is 1. The zero-order valence-corrected chi connectivity index (χ0v) is 9.32. The number of hydrogen-bond acceptors (Lipinski definition) is 3. The summed E-state index contributed by atoms with van der Waals surface area (Å²) in [6, 6.07) is 3.40. The van der Waals surface area contributed by atoms with E-state index in [0.29, 0.717) is 12.1 Å². The van der Waals surface area contributed by atoms with Gasteiger partial charge in [0.25, 0.3) is 0 Å². The van der Waals surface area contributed by atoms with Crippen LogP contribution < -0.4 is 5.32 Å². The van der Waals surface area contributed by atoms with Crippen molar-refractivity contribution in [1.82, 2.24) is 20.3 Å². The monoisotopic (exact) mass is 238 g/mol. The minimum Gasteiger partial charge on any atom is -0.307 e. The van der Waals surface area contributed by atoms with Gasteiger partial charge in [0.05, 0.1) is 5.69 Å². The molecule has 0 unspecified atom stereocenters. The summed E-state index contributed by atoms with van der Waals surface area (Å²) in [4.78, 5) is 0. The number of aryl methyl sites for hydroxylation is 1. The maximum Gasteiger partial charge on any atom is 0.127 e. The van der Waals surface area contributed by atoms with Gasteiger partial charge in [-0.05, 0) is 18.2 Å². The highest BCUT2D eigenvalue weighted by Gasteiger charge is 2.04. The first-order valence-electron chi connectivity index (χ1n) is 5.15. The molecule has 0 aliphatic carbocycles. The summed E-state index contributed by atoms with van der Waals surface area (Å²) in [6.45, 7) is 0.712. The lowest BCUT2D eigenvalue weighted by molar-refractivity contribution is 0.567. The molecule has 0 saturated heterocycles. The van der Waals surface area contributed by atoms with Gasteiger partial charge >= 0.3 is 0 Å². The Morgan fingerprint density at radius 1 is 1.29 bits per heavy atom. The Morgan fingerprint density at radius 2 is 2.12 bits per heavy atom. The van der Waals surface area contributed by atoms with Gasteiger partial charge in [-0.1, -0.05) is 5.21 Å². The van der Waals surface area contributed by atoms with Gasteiger partial charge < -0.3 is 5.32 Å². The Bertz CT molecular complexity index is 510. The van der Waals surface area contributed by atoms with Crippen LogP contribution in [0, 0.1) is 11.6 Å². The zero-order valence-electron chi connectivity index (χ0n) is 9.32. The number of hydrogen-bond donors (Lipinski definition) is 1. The molecular formula is C11H12F2N4. The van der Waals surface area contributed by atoms with Gasteiger partial charge in [0, 0.05) is 31.9 Å². The molecule has 17 heavy (non-hydrogen) atoms. The molecule has 0 radical (unpaired) electrons. The topological polar surface area (TPSA) is 42.7 Å². The van der Waals surface area contributed by atoms with Crippen LogP contribution in [0.15, 0.2) is 24.4 Å². The van der Waals surface area contributed by atoms with E-state index in [2.05, 4.69) is 15.6 Å². The Morgan fingerprint density at radius 3 is 2.82 bits per heavy atom. The van der Waals surface area contributed by atoms with Crippen molar-refractivity contribution < 1.29 is 8.78 Å². The Labute approximate surface area is 97.3 Å². The molecule has 0 aliphatic heterocycles. The molecule has 4 nitrogen and oxygen atoms in total. The molecule has 0 amide bonds. The fraction of sp³-hybridized carbons (Fsp3) is 0.273. The van der Waals surface area contributed by atoms with Crippen molar-refractivity contribution in [3.8, 4) is 0 Å². The van der Waals surface area contributed by atoms with Crippen molar-refractivity contribution >= 4 is 0 Å². The van der Waals surface area contributed by atoms with E-state index in [1.807, 2.05) is 0 Å². The summed E-state index contributed by atoms with van der Waals surface area (Å²) in [6.07, 6.45) is 1.76. The van der Waals surface area contributed by atoms with Gasteiger partial charge in [-0.2, -0.15) is 0 Å². The molecule has 0 atom stereocenters. The highest BCUT2D eigenvalue weighted by Crippen LogP contribution is 2.09. The standard InChI is InChI=1S/C11H12F2N4/c1-17-7-10(15-16-17)6-14-5-8-4-9(12)2-3-11(8)13/h2-4,7,14H,5-6H2,1H3. The smallest absolute Gasteiger partial charge is 0.127 e. The van der Waals surface area contributed by atoms with Gasteiger partial charge in [0.2, 0.25) is 0 Å². The van der Waals surface area contributed by atoms with E-state index in [-0.39, 0.29) is 6.54 Å². The SMILES string of the molecule is Cn1cc(CNCc2cc(F)ccc2F)nn1. The lowest BCUT2D eigenvalue weighted by atomic mass is 10.2. The summed E-state index contributed by atoms with van der Waals surface area (Å²) >= 11 is 0. The number of aromatic nitrogens is 3. The fourth-order valence-corrected chi connectivity index (χ4v) is 1.48. The van der Waals surface area contributed by atoms with Crippen LogP contribution in [0.2, 0.25) is 0 Å². The first-order valence-corrected chi connectivity index (χ1v) is 5.15. The fourth-order valence-electron chi connectivity index (χ4n) is 1.48. The summed E-state index contributed by atoms with van der Waals surface area (Å²) in [5, 5.41) is 10.6. The van der Waals surface area contributed by atoms with Crippen molar-refractivity contribution in [1.29, 1.82) is 0 Å². The van der Waals surface area contributed by atoms with Crippen molar-refractivity contribution in [3.05, 3.63) is 47.3 Å². The molecule has 0 fully saturated rings. The van der Waals surface area contributed by atoms with Gasteiger partial charge in [0.1, 0.15) is 11.6 Å². The second-order valence-corrected chi connectivity index (χ2v) is 3.72. The maximum atomic E-state index is 13.3. The van der Waals surface area contributed by atoms with E-state index in [1.165, 1.54) is 6.07 Å². The normalized spacial score (nSPS) is 10.8. The number of rotatable bonds is 4. The number of benzene rings is 1. The van der Waals surface area contributed by atoms with Gasteiger partial charge in [0.15, 0.2) is 0 Å². The third-order valence-corrected chi connectivity index (χ3v) is 2.28. The van der Waals surface area contributed by atoms with Crippen molar-refractivity contribution in [2.24, 2.45) is 7.05 Å². The second-order valence-electron chi connectivity index (χ2n) is 3.72. The predicted octanol–water partition coefficient (Wildman–Crippen LogP) is 1.38. The van der Waals surface area contributed by atoms with Crippen LogP contribution in [0.25, 0.3) is 0 Å². The minimum absolute atomic E-state index is 0.250. The van der Waals surface area contributed by atoms with Crippen molar-refractivity contribution in [2.45, 2.75) is 13.1 Å². The average Bonchev–Trinajstić information content (AvgIpc) is 2.69. The van der Waals surface area contributed by atoms with Crippen LogP contribution in [-0.2, 0) is 20.1 Å². The molecule has 0 saturated carbocycles. The highest BCUT2D eigenvalue weighted by molar-refractivity contribution is 5.18. The van der Waals surface area contributed by atoms with Gasteiger partial charge in [-0.25, -0.2) is 8.78 Å². The average molecular weight is 238 g/mol. The van der Waals surface area contributed by atoms with Crippen LogP contribution in [-0.4, -0.2) is 15.0 Å². The van der Waals surface area contributed by atoms with Crippen LogP contribution in [0.3, 0.4) is 0 Å². The molecule has 0 aliphatic rings. The van der Waals surface area contributed by atoms with Gasteiger partial charge in [-0.3, -0.25) is 4.68 Å². The lowest BCUT2D eigenvalue weighted by Crippen LogP contribution is -2.14. The molecule has 1 N–H and O–H groups in total. The first kappa shape index (κ1) is 11.7. The lowest BCUT2D eigenvalue weighted by Gasteiger charge is -2.04. The van der Waals surface area contributed by atoms with E-state index in [4.69, 9.17) is 0 Å².